The van der Waals surface area contributed by atoms with Gasteiger partial charge in [-0.3, -0.25) is 4.79 Å². The molecule has 1 aromatic carbocycles. The number of nitrogens with zero attached hydrogens (tertiary/aromatic N) is 6. The molecule has 5 heterocycles. The van der Waals surface area contributed by atoms with Gasteiger partial charge in [0.15, 0.2) is 33.6 Å². The number of anilines is 1. The molecule has 198 valence electrons. The lowest BCUT2D eigenvalue weighted by molar-refractivity contribution is -0.130. The van der Waals surface area contributed by atoms with Crippen LogP contribution in [0.2, 0.25) is 0 Å². The van der Waals surface area contributed by atoms with E-state index in [1.54, 1.807) is 13.1 Å². The second-order valence-corrected chi connectivity index (χ2v) is 10.6. The molecule has 3 aromatic heterocycles. The lowest BCUT2D eigenvalue weighted by Crippen LogP contribution is -2.37. The summed E-state index contributed by atoms with van der Waals surface area (Å²) in [6.45, 7) is 6.80. The molecule has 6 rings (SSSR count). The van der Waals surface area contributed by atoms with Crippen molar-refractivity contribution in [3.63, 3.8) is 0 Å². The molecule has 1 saturated heterocycles. The van der Waals surface area contributed by atoms with Crippen molar-refractivity contribution < 1.29 is 18.7 Å². The number of imidazole rings is 1. The van der Waals surface area contributed by atoms with E-state index in [0.717, 1.165) is 60.3 Å². The van der Waals surface area contributed by atoms with Gasteiger partial charge in [-0.2, -0.15) is 0 Å². The number of hydrogen-bond acceptors (Lipinski definition) is 10. The summed E-state index contributed by atoms with van der Waals surface area (Å²) < 4.78 is 19.7. The number of amides is 1. The molecule has 1 fully saturated rings. The molecule has 0 spiro atoms. The van der Waals surface area contributed by atoms with Gasteiger partial charge in [-0.1, -0.05) is 11.8 Å². The first-order valence-electron chi connectivity index (χ1n) is 12.7. The Balaban J connectivity index is 1.34. The average Bonchev–Trinajstić information content (AvgIpc) is 3.51. The van der Waals surface area contributed by atoms with Crippen LogP contribution in [-0.2, 0) is 11.3 Å². The quantitative estimate of drug-likeness (QED) is 0.387. The molecule has 38 heavy (non-hydrogen) atoms. The van der Waals surface area contributed by atoms with Crippen LogP contribution in [0.3, 0.4) is 0 Å². The summed E-state index contributed by atoms with van der Waals surface area (Å²) in [7, 11) is 0. The average molecular weight is 536 g/mol. The fraction of sp³-hybridized carbons (Fsp3) is 0.423. The van der Waals surface area contributed by atoms with Crippen molar-refractivity contribution in [2.45, 2.75) is 49.7 Å². The highest BCUT2D eigenvalue weighted by Crippen LogP contribution is 2.44. The Kier molecular flexibility index (Phi) is 6.56. The maximum absolute atomic E-state index is 11.7. The number of piperidine rings is 1. The molecule has 0 unspecified atom stereocenters. The molecule has 0 radical (unpaired) electrons. The van der Waals surface area contributed by atoms with Crippen LogP contribution in [0.15, 0.2) is 39.1 Å². The minimum Gasteiger partial charge on any atom is -0.486 e. The first kappa shape index (κ1) is 24.5. The van der Waals surface area contributed by atoms with Crippen molar-refractivity contribution in [2.24, 2.45) is 5.92 Å². The van der Waals surface area contributed by atoms with E-state index in [1.165, 1.54) is 18.1 Å². The molecule has 0 aliphatic carbocycles. The lowest BCUT2D eigenvalue weighted by atomic mass is 9.93. The highest BCUT2D eigenvalue weighted by atomic mass is 32.2. The van der Waals surface area contributed by atoms with Gasteiger partial charge in [0.2, 0.25) is 11.8 Å². The Hall–Kier alpha value is -3.80. The number of aryl methyl sites for hydroxylation is 2. The van der Waals surface area contributed by atoms with Gasteiger partial charge in [0.05, 0.1) is 11.8 Å². The normalized spacial score (nSPS) is 15.8. The van der Waals surface area contributed by atoms with Gasteiger partial charge in [0, 0.05) is 31.5 Å². The van der Waals surface area contributed by atoms with Gasteiger partial charge >= 0.3 is 0 Å². The van der Waals surface area contributed by atoms with Crippen molar-refractivity contribution in [2.75, 3.05) is 32.0 Å². The predicted molar refractivity (Wildman–Crippen MR) is 141 cm³/mol. The van der Waals surface area contributed by atoms with E-state index in [-0.39, 0.29) is 5.91 Å². The van der Waals surface area contributed by atoms with E-state index in [4.69, 9.17) is 24.6 Å². The van der Waals surface area contributed by atoms with Crippen LogP contribution in [0, 0.1) is 12.8 Å². The van der Waals surface area contributed by atoms with Crippen molar-refractivity contribution in [3.8, 4) is 23.0 Å². The molecule has 0 atom stereocenters. The maximum Gasteiger partial charge on any atom is 0.227 e. The molecule has 1 amide bonds. The first-order valence-corrected chi connectivity index (χ1v) is 13.5. The van der Waals surface area contributed by atoms with Crippen molar-refractivity contribution in [1.29, 1.82) is 0 Å². The lowest BCUT2D eigenvalue weighted by Gasteiger charge is -2.31. The summed E-state index contributed by atoms with van der Waals surface area (Å²) in [5, 5.41) is 0.745. The number of carbonyl (C=O) groups excluding carboxylic acids is 1. The predicted octanol–water partition coefficient (Wildman–Crippen LogP) is 3.94. The second kappa shape index (κ2) is 10.2. The molecule has 2 aliphatic rings. The summed E-state index contributed by atoms with van der Waals surface area (Å²) in [6, 6.07) is 3.86. The topological polar surface area (TPSA) is 134 Å². The zero-order valence-corrected chi connectivity index (χ0v) is 22.2. The smallest absolute Gasteiger partial charge is 0.227 e. The molecular weight excluding hydrogens is 506 g/mol. The van der Waals surface area contributed by atoms with Crippen molar-refractivity contribution >= 4 is 34.7 Å². The van der Waals surface area contributed by atoms with E-state index in [9.17, 15) is 4.79 Å². The maximum atomic E-state index is 11.7. The van der Waals surface area contributed by atoms with E-state index in [2.05, 4.69) is 19.5 Å². The minimum atomic E-state index is 0.145. The number of ether oxygens (including phenoxy) is 2. The fourth-order valence-electron chi connectivity index (χ4n) is 4.96. The van der Waals surface area contributed by atoms with E-state index in [1.807, 2.05) is 24.0 Å². The molecule has 11 nitrogen and oxygen atoms in total. The molecule has 2 aliphatic heterocycles. The largest absolute Gasteiger partial charge is 0.486 e. The fourth-order valence-corrected chi connectivity index (χ4v) is 6.00. The molecule has 12 heteroatoms. The summed E-state index contributed by atoms with van der Waals surface area (Å²) in [6.07, 6.45) is 6.09. The highest BCUT2D eigenvalue weighted by Gasteiger charge is 2.25. The van der Waals surface area contributed by atoms with Crippen LogP contribution in [0.1, 0.15) is 31.9 Å². The number of aromatic nitrogens is 5. The van der Waals surface area contributed by atoms with Crippen LogP contribution >= 0.6 is 11.8 Å². The minimum absolute atomic E-state index is 0.145. The number of oxazole rings is 1. The number of hydrogen-bond donors (Lipinski definition) is 1. The number of rotatable bonds is 6. The van der Waals surface area contributed by atoms with E-state index < -0.39 is 0 Å². The summed E-state index contributed by atoms with van der Waals surface area (Å²) >= 11 is 1.48. The number of nitrogens with two attached hydrogens (primary N) is 1. The second-order valence-electron chi connectivity index (χ2n) is 9.59. The van der Waals surface area contributed by atoms with Gasteiger partial charge in [0.1, 0.15) is 25.3 Å². The Morgan fingerprint density at radius 3 is 2.61 bits per heavy atom. The Morgan fingerprint density at radius 1 is 1.13 bits per heavy atom. The number of fused-ring (bicyclic) bond motifs is 2. The van der Waals surface area contributed by atoms with Crippen LogP contribution in [0.4, 0.5) is 5.82 Å². The van der Waals surface area contributed by atoms with Gasteiger partial charge in [0.25, 0.3) is 0 Å². The van der Waals surface area contributed by atoms with Crippen molar-refractivity contribution in [3.05, 3.63) is 30.4 Å². The molecule has 0 bridgehead atoms. The van der Waals surface area contributed by atoms with Gasteiger partial charge < -0.3 is 29.1 Å². The molecular formula is C26H29N7O4S. The zero-order chi connectivity index (χ0) is 26.2. The van der Waals surface area contributed by atoms with Crippen LogP contribution < -0.4 is 15.2 Å². The van der Waals surface area contributed by atoms with Gasteiger partial charge in [-0.15, -0.1) is 0 Å². The van der Waals surface area contributed by atoms with Crippen LogP contribution in [0.5, 0.6) is 11.5 Å². The third-order valence-electron chi connectivity index (χ3n) is 7.04. The third-order valence-corrected chi connectivity index (χ3v) is 8.10. The number of likely N-dealkylation sites (tertiary alicyclic amines) is 1. The van der Waals surface area contributed by atoms with E-state index in [0.29, 0.717) is 53.5 Å². The Morgan fingerprint density at radius 2 is 1.89 bits per heavy atom. The molecule has 2 N–H and O–H groups in total. The standard InChI is InChI=1S/C26H29N7O4S/c1-15-13-28-25(37-15)18-11-19-20(36-10-9-35-19)12-21(18)38-26-31-22-23(27)29-14-30-24(22)33(26)8-5-17-3-6-32(7-4-17)16(2)34/h11-14,17H,3-10H2,1-2H3,(H2,27,29,30). The number of carbonyl (C=O) groups is 1. The number of nitrogen functional groups attached to an aromatic ring is 1. The van der Waals surface area contributed by atoms with E-state index >= 15 is 0 Å². The zero-order valence-electron chi connectivity index (χ0n) is 21.3. The Bertz CT molecular complexity index is 1490. The van der Waals surface area contributed by atoms with Gasteiger partial charge in [-0.25, -0.2) is 19.9 Å². The summed E-state index contributed by atoms with van der Waals surface area (Å²) in [5.74, 6) is 3.55. The monoisotopic (exact) mass is 535 g/mol. The summed E-state index contributed by atoms with van der Waals surface area (Å²) in [4.78, 5) is 32.5. The molecule has 0 saturated carbocycles. The SMILES string of the molecule is CC(=O)N1CCC(CCn2c(Sc3cc4c(cc3-c3ncc(C)o3)OCCO4)nc3c(N)ncnc32)CC1. The van der Waals surface area contributed by atoms with Crippen molar-refractivity contribution in [1.82, 2.24) is 29.4 Å². The highest BCUT2D eigenvalue weighted by molar-refractivity contribution is 7.99. The Labute approximate surface area is 223 Å². The van der Waals surface area contributed by atoms with Gasteiger partial charge in [-0.05, 0) is 44.2 Å². The third kappa shape index (κ3) is 4.75. The number of benzene rings is 1. The molecule has 4 aromatic rings. The first-order chi connectivity index (χ1) is 18.5. The summed E-state index contributed by atoms with van der Waals surface area (Å²) in [5.41, 5.74) is 8.26. The van der Waals surface area contributed by atoms with Crippen LogP contribution in [0.25, 0.3) is 22.6 Å². The van der Waals surface area contributed by atoms with Crippen LogP contribution in [-0.4, -0.2) is 61.6 Å².